The summed E-state index contributed by atoms with van der Waals surface area (Å²) < 4.78 is 0. The number of carbonyl (C=O) groups is 1. The Hall–Kier alpha value is -1.35. The van der Waals surface area contributed by atoms with E-state index in [9.17, 15) is 4.79 Å². The first kappa shape index (κ1) is 18.7. The lowest BCUT2D eigenvalue weighted by Crippen LogP contribution is -2.28. The summed E-state index contributed by atoms with van der Waals surface area (Å²) in [6, 6.07) is 10.4. The van der Waals surface area contributed by atoms with E-state index in [2.05, 4.69) is 26.0 Å². The molecule has 1 amide bonds. The van der Waals surface area contributed by atoms with Gasteiger partial charge >= 0.3 is 0 Å². The number of aliphatic hydroxyl groups excluding tert-OH is 1. The van der Waals surface area contributed by atoms with Gasteiger partial charge in [-0.2, -0.15) is 0 Å². The zero-order valence-corrected chi connectivity index (χ0v) is 14.5. The average Bonchev–Trinajstić information content (AvgIpc) is 2.90. The molecule has 3 nitrogen and oxygen atoms in total. The number of nitrogens with zero attached hydrogens (tertiary/aromatic N) is 1. The minimum Gasteiger partial charge on any atom is -0.396 e. The van der Waals surface area contributed by atoms with E-state index >= 15 is 0 Å². The van der Waals surface area contributed by atoms with E-state index < -0.39 is 0 Å². The number of amides is 1. The van der Waals surface area contributed by atoms with Gasteiger partial charge in [-0.15, -0.1) is 0 Å². The van der Waals surface area contributed by atoms with Crippen LogP contribution in [-0.4, -0.2) is 29.1 Å². The summed E-state index contributed by atoms with van der Waals surface area (Å²) in [6.07, 6.45) is 2.52. The largest absolute Gasteiger partial charge is 0.396 e. The van der Waals surface area contributed by atoms with Gasteiger partial charge in [0.2, 0.25) is 5.91 Å². The van der Waals surface area contributed by atoms with Crippen LogP contribution in [0.5, 0.6) is 0 Å². The van der Waals surface area contributed by atoms with Gasteiger partial charge in [-0.05, 0) is 37.2 Å². The fourth-order valence-corrected chi connectivity index (χ4v) is 3.16. The summed E-state index contributed by atoms with van der Waals surface area (Å²) in [5.41, 5.74) is 1.20. The van der Waals surface area contributed by atoms with Gasteiger partial charge in [-0.3, -0.25) is 4.79 Å². The normalized spacial score (nSPS) is 20.3. The molecule has 3 atom stereocenters. The Morgan fingerprint density at radius 3 is 2.45 bits per heavy atom. The van der Waals surface area contributed by atoms with Crippen LogP contribution in [0.25, 0.3) is 0 Å². The van der Waals surface area contributed by atoms with E-state index in [1.54, 1.807) is 0 Å². The number of benzene rings is 1. The van der Waals surface area contributed by atoms with Crippen molar-refractivity contribution in [2.45, 2.75) is 53.0 Å². The molecule has 0 aliphatic carbocycles. The van der Waals surface area contributed by atoms with Gasteiger partial charge in [0, 0.05) is 19.6 Å². The van der Waals surface area contributed by atoms with E-state index in [-0.39, 0.29) is 18.6 Å². The molecule has 1 N–H and O–H groups in total. The van der Waals surface area contributed by atoms with Crippen molar-refractivity contribution in [1.82, 2.24) is 4.90 Å². The zero-order valence-electron chi connectivity index (χ0n) is 14.5. The second kappa shape index (κ2) is 9.62. The van der Waals surface area contributed by atoms with Crippen molar-refractivity contribution < 1.29 is 9.90 Å². The molecule has 1 aromatic rings. The number of hydrogen-bond donors (Lipinski definition) is 1. The van der Waals surface area contributed by atoms with Crippen LogP contribution in [0.2, 0.25) is 0 Å². The molecule has 3 heteroatoms. The molecule has 0 spiro atoms. The molecule has 0 radical (unpaired) electrons. The Labute approximate surface area is 135 Å². The molecule has 1 saturated heterocycles. The standard InChI is InChI=1S/C17H25NO2.C2H6/c1-13(8-9-19)10-15-11-17(20)18(12-15)14(2)16-6-4-3-5-7-16;1-2/h3-7,13-15,19H,8-12H2,1-2H3;1-2H3. The maximum Gasteiger partial charge on any atom is 0.223 e. The van der Waals surface area contributed by atoms with Gasteiger partial charge in [-0.25, -0.2) is 0 Å². The van der Waals surface area contributed by atoms with Crippen LogP contribution in [0.1, 0.15) is 58.6 Å². The van der Waals surface area contributed by atoms with Crippen molar-refractivity contribution in [3.05, 3.63) is 35.9 Å². The average molecular weight is 305 g/mol. The number of aliphatic hydroxyl groups is 1. The predicted octanol–water partition coefficient (Wildman–Crippen LogP) is 4.03. The number of likely N-dealkylation sites (tertiary alicyclic amines) is 1. The number of hydrogen-bond acceptors (Lipinski definition) is 2. The molecule has 1 heterocycles. The third-order valence-electron chi connectivity index (χ3n) is 4.35. The molecular formula is C19H31NO2. The molecule has 0 bridgehead atoms. The smallest absolute Gasteiger partial charge is 0.223 e. The number of carbonyl (C=O) groups excluding carboxylic acids is 1. The maximum atomic E-state index is 12.2. The van der Waals surface area contributed by atoms with Crippen LogP contribution in [0.15, 0.2) is 30.3 Å². The Kier molecular flexibility index (Phi) is 8.18. The van der Waals surface area contributed by atoms with Gasteiger partial charge in [-0.1, -0.05) is 51.1 Å². The van der Waals surface area contributed by atoms with Crippen LogP contribution in [-0.2, 0) is 4.79 Å². The van der Waals surface area contributed by atoms with E-state index in [0.717, 1.165) is 19.4 Å². The summed E-state index contributed by atoms with van der Waals surface area (Å²) in [6.45, 7) is 9.35. The van der Waals surface area contributed by atoms with E-state index in [1.165, 1.54) is 5.56 Å². The highest BCUT2D eigenvalue weighted by molar-refractivity contribution is 5.79. The molecule has 22 heavy (non-hydrogen) atoms. The van der Waals surface area contributed by atoms with Crippen molar-refractivity contribution in [2.24, 2.45) is 11.8 Å². The summed E-state index contributed by atoms with van der Waals surface area (Å²) in [5, 5.41) is 8.97. The van der Waals surface area contributed by atoms with Crippen molar-refractivity contribution >= 4 is 5.91 Å². The van der Waals surface area contributed by atoms with E-state index in [0.29, 0.717) is 18.3 Å². The van der Waals surface area contributed by atoms with Crippen LogP contribution < -0.4 is 0 Å². The molecule has 2 rings (SSSR count). The Morgan fingerprint density at radius 2 is 1.86 bits per heavy atom. The highest BCUT2D eigenvalue weighted by atomic mass is 16.3. The molecular weight excluding hydrogens is 274 g/mol. The molecule has 1 aromatic carbocycles. The Balaban J connectivity index is 0.00000116. The fraction of sp³-hybridized carbons (Fsp3) is 0.632. The zero-order chi connectivity index (χ0) is 16.5. The van der Waals surface area contributed by atoms with Crippen LogP contribution >= 0.6 is 0 Å². The lowest BCUT2D eigenvalue weighted by Gasteiger charge is -2.25. The highest BCUT2D eigenvalue weighted by Crippen LogP contribution is 2.31. The number of rotatable bonds is 6. The first-order valence-electron chi connectivity index (χ1n) is 8.57. The summed E-state index contributed by atoms with van der Waals surface area (Å²) in [4.78, 5) is 14.2. The SMILES string of the molecule is CC.CC(CCO)CC1CC(=O)N(C(C)c2ccccc2)C1. The third-order valence-corrected chi connectivity index (χ3v) is 4.35. The summed E-state index contributed by atoms with van der Waals surface area (Å²) >= 11 is 0. The second-order valence-electron chi connectivity index (χ2n) is 6.06. The second-order valence-corrected chi connectivity index (χ2v) is 6.06. The topological polar surface area (TPSA) is 40.5 Å². The lowest BCUT2D eigenvalue weighted by atomic mass is 9.93. The van der Waals surface area contributed by atoms with Gasteiger partial charge in [0.05, 0.1) is 6.04 Å². The van der Waals surface area contributed by atoms with Crippen LogP contribution in [0.3, 0.4) is 0 Å². The van der Waals surface area contributed by atoms with Crippen molar-refractivity contribution in [1.29, 1.82) is 0 Å². The van der Waals surface area contributed by atoms with Gasteiger partial charge < -0.3 is 10.0 Å². The lowest BCUT2D eigenvalue weighted by molar-refractivity contribution is -0.129. The maximum absolute atomic E-state index is 12.2. The molecule has 3 unspecified atom stereocenters. The van der Waals surface area contributed by atoms with Crippen LogP contribution in [0.4, 0.5) is 0 Å². The minimum absolute atomic E-state index is 0.154. The van der Waals surface area contributed by atoms with Gasteiger partial charge in [0.1, 0.15) is 0 Å². The molecule has 0 aromatic heterocycles. The first-order chi connectivity index (χ1) is 10.6. The molecule has 1 fully saturated rings. The van der Waals surface area contributed by atoms with Gasteiger partial charge in [0.25, 0.3) is 0 Å². The van der Waals surface area contributed by atoms with E-state index in [1.807, 2.05) is 36.9 Å². The first-order valence-corrected chi connectivity index (χ1v) is 8.57. The molecule has 0 saturated carbocycles. The molecule has 1 aliphatic rings. The quantitative estimate of drug-likeness (QED) is 0.862. The predicted molar refractivity (Wildman–Crippen MR) is 91.5 cm³/mol. The Bertz CT molecular complexity index is 432. The van der Waals surface area contributed by atoms with Crippen molar-refractivity contribution in [3.63, 3.8) is 0 Å². The highest BCUT2D eigenvalue weighted by Gasteiger charge is 2.33. The third kappa shape index (κ3) is 5.13. The summed E-state index contributed by atoms with van der Waals surface area (Å²) in [5.74, 6) is 1.20. The van der Waals surface area contributed by atoms with Crippen molar-refractivity contribution in [2.75, 3.05) is 13.2 Å². The minimum atomic E-state index is 0.154. The van der Waals surface area contributed by atoms with Crippen molar-refractivity contribution in [3.8, 4) is 0 Å². The van der Waals surface area contributed by atoms with Crippen LogP contribution in [0, 0.1) is 11.8 Å². The molecule has 124 valence electrons. The van der Waals surface area contributed by atoms with E-state index in [4.69, 9.17) is 5.11 Å². The fourth-order valence-electron chi connectivity index (χ4n) is 3.16. The summed E-state index contributed by atoms with van der Waals surface area (Å²) in [7, 11) is 0. The Morgan fingerprint density at radius 1 is 1.23 bits per heavy atom. The molecule has 1 aliphatic heterocycles. The van der Waals surface area contributed by atoms with Gasteiger partial charge in [0.15, 0.2) is 0 Å². The monoisotopic (exact) mass is 305 g/mol.